The first-order valence-electron chi connectivity index (χ1n) is 6.15. The van der Waals surface area contributed by atoms with Crippen molar-refractivity contribution in [2.24, 2.45) is 0 Å². The largest absolute Gasteiger partial charge is 0.309 e. The molecule has 0 unspecified atom stereocenters. The molecule has 1 rings (SSSR count). The van der Waals surface area contributed by atoms with Gasteiger partial charge in [-0.1, -0.05) is 30.3 Å². The van der Waals surface area contributed by atoms with Crippen molar-refractivity contribution in [1.29, 1.82) is 0 Å². The highest BCUT2D eigenvalue weighted by molar-refractivity contribution is 7.89. The smallest absolute Gasteiger partial charge is 0.211 e. The lowest BCUT2D eigenvalue weighted by molar-refractivity contribution is 0.400. The minimum absolute atomic E-state index is 0.152. The third-order valence-corrected chi connectivity index (χ3v) is 3.99. The molecule has 0 fully saturated rings. The number of nitrogens with zero attached hydrogens (tertiary/aromatic N) is 1. The van der Waals surface area contributed by atoms with Crippen molar-refractivity contribution in [2.45, 2.75) is 12.8 Å². The number of sulfonamides is 1. The SMILES string of the molecule is CN(C)CCCNS(=O)(=O)CCc1ccccc1. The minimum atomic E-state index is -3.15. The van der Waals surface area contributed by atoms with Crippen LogP contribution in [0.2, 0.25) is 0 Å². The molecular formula is C13H22N2O2S. The lowest BCUT2D eigenvalue weighted by Crippen LogP contribution is -2.30. The second-order valence-electron chi connectivity index (χ2n) is 4.61. The van der Waals surface area contributed by atoms with Crippen molar-refractivity contribution in [3.63, 3.8) is 0 Å². The summed E-state index contributed by atoms with van der Waals surface area (Å²) in [5, 5.41) is 0. The third-order valence-electron chi connectivity index (χ3n) is 2.61. The zero-order valence-corrected chi connectivity index (χ0v) is 11.9. The molecule has 1 aromatic rings. The average Bonchev–Trinajstić information content (AvgIpc) is 2.34. The van der Waals surface area contributed by atoms with Gasteiger partial charge in [-0.25, -0.2) is 13.1 Å². The lowest BCUT2D eigenvalue weighted by atomic mass is 10.2. The maximum atomic E-state index is 11.7. The van der Waals surface area contributed by atoms with E-state index < -0.39 is 10.0 Å². The van der Waals surface area contributed by atoms with Crippen molar-refractivity contribution in [3.8, 4) is 0 Å². The first-order chi connectivity index (χ1) is 8.49. The van der Waals surface area contributed by atoms with E-state index >= 15 is 0 Å². The van der Waals surface area contributed by atoms with E-state index in [1.807, 2.05) is 49.3 Å². The molecule has 0 aliphatic heterocycles. The van der Waals surface area contributed by atoms with Gasteiger partial charge < -0.3 is 4.90 Å². The van der Waals surface area contributed by atoms with Gasteiger partial charge in [0.1, 0.15) is 0 Å². The van der Waals surface area contributed by atoms with Crippen LogP contribution in [0.1, 0.15) is 12.0 Å². The van der Waals surface area contributed by atoms with E-state index in [-0.39, 0.29) is 5.75 Å². The quantitative estimate of drug-likeness (QED) is 0.720. The average molecular weight is 270 g/mol. The van der Waals surface area contributed by atoms with E-state index in [9.17, 15) is 8.42 Å². The van der Waals surface area contributed by atoms with Crippen molar-refractivity contribution < 1.29 is 8.42 Å². The number of hydrogen-bond acceptors (Lipinski definition) is 3. The Balaban J connectivity index is 2.28. The van der Waals surface area contributed by atoms with Gasteiger partial charge in [-0.2, -0.15) is 0 Å². The van der Waals surface area contributed by atoms with E-state index in [0.29, 0.717) is 13.0 Å². The van der Waals surface area contributed by atoms with E-state index in [1.165, 1.54) is 0 Å². The van der Waals surface area contributed by atoms with Crippen molar-refractivity contribution in [2.75, 3.05) is 32.9 Å². The fourth-order valence-corrected chi connectivity index (χ4v) is 2.70. The molecule has 102 valence electrons. The van der Waals surface area contributed by atoms with Gasteiger partial charge >= 0.3 is 0 Å². The van der Waals surface area contributed by atoms with Crippen LogP contribution in [-0.2, 0) is 16.4 Å². The number of hydrogen-bond donors (Lipinski definition) is 1. The second-order valence-corrected chi connectivity index (χ2v) is 6.53. The van der Waals surface area contributed by atoms with Crippen LogP contribution in [0.25, 0.3) is 0 Å². The lowest BCUT2D eigenvalue weighted by Gasteiger charge is -2.10. The van der Waals surface area contributed by atoms with Gasteiger partial charge in [0.2, 0.25) is 10.0 Å². The van der Waals surface area contributed by atoms with Gasteiger partial charge in [-0.05, 0) is 39.0 Å². The van der Waals surface area contributed by atoms with E-state index in [2.05, 4.69) is 4.72 Å². The summed E-state index contributed by atoms with van der Waals surface area (Å²) in [6.07, 6.45) is 1.39. The number of nitrogens with one attached hydrogen (secondary N) is 1. The van der Waals surface area contributed by atoms with Crippen LogP contribution in [0, 0.1) is 0 Å². The molecule has 1 aromatic carbocycles. The molecular weight excluding hydrogens is 248 g/mol. The Hall–Kier alpha value is -0.910. The molecule has 0 spiro atoms. The molecule has 0 aromatic heterocycles. The molecule has 1 N–H and O–H groups in total. The van der Waals surface area contributed by atoms with Crippen LogP contribution >= 0.6 is 0 Å². The zero-order valence-electron chi connectivity index (χ0n) is 11.1. The molecule has 0 amide bonds. The van der Waals surface area contributed by atoms with Crippen molar-refractivity contribution in [3.05, 3.63) is 35.9 Å². The van der Waals surface area contributed by atoms with Crippen LogP contribution in [0.4, 0.5) is 0 Å². The summed E-state index contributed by atoms with van der Waals surface area (Å²) in [7, 11) is 0.806. The van der Waals surface area contributed by atoms with Crippen LogP contribution in [-0.4, -0.2) is 46.3 Å². The third kappa shape index (κ3) is 6.74. The Morgan fingerprint density at radius 3 is 2.44 bits per heavy atom. The number of benzene rings is 1. The van der Waals surface area contributed by atoms with Gasteiger partial charge in [-0.15, -0.1) is 0 Å². The van der Waals surface area contributed by atoms with Crippen LogP contribution in [0.3, 0.4) is 0 Å². The Bertz CT molecular complexity index is 430. The topological polar surface area (TPSA) is 49.4 Å². The van der Waals surface area contributed by atoms with Gasteiger partial charge in [0, 0.05) is 6.54 Å². The van der Waals surface area contributed by atoms with E-state index in [1.54, 1.807) is 0 Å². The highest BCUT2D eigenvalue weighted by Crippen LogP contribution is 2.01. The number of rotatable bonds is 8. The highest BCUT2D eigenvalue weighted by atomic mass is 32.2. The molecule has 0 saturated carbocycles. The molecule has 0 aliphatic rings. The van der Waals surface area contributed by atoms with Crippen molar-refractivity contribution >= 4 is 10.0 Å². The monoisotopic (exact) mass is 270 g/mol. The first kappa shape index (κ1) is 15.1. The molecule has 4 nitrogen and oxygen atoms in total. The van der Waals surface area contributed by atoms with Gasteiger partial charge in [0.25, 0.3) is 0 Å². The molecule has 0 bridgehead atoms. The maximum absolute atomic E-state index is 11.7. The minimum Gasteiger partial charge on any atom is -0.309 e. The normalized spacial score (nSPS) is 11.9. The highest BCUT2D eigenvalue weighted by Gasteiger charge is 2.09. The predicted octanol–water partition coefficient (Wildman–Crippen LogP) is 1.10. The summed E-state index contributed by atoms with van der Waals surface area (Å²) in [5.74, 6) is 0.152. The molecule has 5 heteroatoms. The fourth-order valence-electron chi connectivity index (χ4n) is 1.59. The summed E-state index contributed by atoms with van der Waals surface area (Å²) in [5.41, 5.74) is 1.05. The summed E-state index contributed by atoms with van der Waals surface area (Å²) in [6.45, 7) is 1.40. The molecule has 0 heterocycles. The summed E-state index contributed by atoms with van der Waals surface area (Å²) in [6, 6.07) is 9.67. The standard InChI is InChI=1S/C13H22N2O2S/c1-15(2)11-6-10-14-18(16,17)12-9-13-7-4-3-5-8-13/h3-5,7-8,14H,6,9-12H2,1-2H3. The van der Waals surface area contributed by atoms with Gasteiger partial charge in [-0.3, -0.25) is 0 Å². The Morgan fingerprint density at radius 2 is 1.83 bits per heavy atom. The van der Waals surface area contributed by atoms with Crippen molar-refractivity contribution in [1.82, 2.24) is 9.62 Å². The molecule has 0 saturated heterocycles. The number of aryl methyl sites for hydroxylation is 1. The van der Waals surface area contributed by atoms with E-state index in [0.717, 1.165) is 18.5 Å². The van der Waals surface area contributed by atoms with Gasteiger partial charge in [0.05, 0.1) is 5.75 Å². The summed E-state index contributed by atoms with van der Waals surface area (Å²) < 4.78 is 26.1. The Labute approximate surface area is 110 Å². The van der Waals surface area contributed by atoms with Crippen LogP contribution < -0.4 is 4.72 Å². The Morgan fingerprint density at radius 1 is 1.17 bits per heavy atom. The molecule has 18 heavy (non-hydrogen) atoms. The first-order valence-corrected chi connectivity index (χ1v) is 7.81. The summed E-state index contributed by atoms with van der Waals surface area (Å²) >= 11 is 0. The van der Waals surface area contributed by atoms with Crippen LogP contribution in [0.15, 0.2) is 30.3 Å². The maximum Gasteiger partial charge on any atom is 0.211 e. The molecule has 0 aliphatic carbocycles. The fraction of sp³-hybridized carbons (Fsp3) is 0.538. The van der Waals surface area contributed by atoms with Crippen LogP contribution in [0.5, 0.6) is 0 Å². The molecule has 0 radical (unpaired) electrons. The zero-order chi connectivity index (χ0) is 13.4. The molecule has 0 atom stereocenters. The summed E-state index contributed by atoms with van der Waals surface area (Å²) in [4.78, 5) is 2.04. The van der Waals surface area contributed by atoms with Gasteiger partial charge in [0.15, 0.2) is 0 Å². The Kier molecular flexibility index (Phi) is 6.32. The van der Waals surface area contributed by atoms with E-state index in [4.69, 9.17) is 0 Å². The predicted molar refractivity (Wildman–Crippen MR) is 75.1 cm³/mol. The second kappa shape index (κ2) is 7.51.